The van der Waals surface area contributed by atoms with Gasteiger partial charge in [-0.25, -0.2) is 0 Å². The Labute approximate surface area is 62.6 Å². The second kappa shape index (κ2) is 4.95. The van der Waals surface area contributed by atoms with Gasteiger partial charge in [-0.3, -0.25) is 0 Å². The van der Waals surface area contributed by atoms with Crippen molar-refractivity contribution in [1.29, 1.82) is 0 Å². The molecule has 1 saturated carbocycles. The van der Waals surface area contributed by atoms with E-state index in [-0.39, 0.29) is 23.9 Å². The molecule has 42 valence electrons. The fourth-order valence-corrected chi connectivity index (χ4v) is 1.06. The van der Waals surface area contributed by atoms with Gasteiger partial charge in [0.05, 0.1) is 0 Å². The Kier molecular flexibility index (Phi) is 5.51. The van der Waals surface area contributed by atoms with Crippen molar-refractivity contribution in [3.63, 3.8) is 0 Å². The molecule has 1 aliphatic rings. The predicted molar refractivity (Wildman–Crippen MR) is 36.2 cm³/mol. The number of rotatable bonds is 0. The molecule has 0 bridgehead atoms. The van der Waals surface area contributed by atoms with E-state index >= 15 is 0 Å². The topological polar surface area (TPSA) is 0 Å². The molecule has 0 heterocycles. The van der Waals surface area contributed by atoms with Gasteiger partial charge in [0.2, 0.25) is 0 Å². The van der Waals surface area contributed by atoms with Gasteiger partial charge in [0.15, 0.2) is 0 Å². The van der Waals surface area contributed by atoms with Crippen molar-refractivity contribution in [3.05, 3.63) is 0 Å². The summed E-state index contributed by atoms with van der Waals surface area (Å²) in [7, 11) is 0. The molecule has 0 amide bonds. The van der Waals surface area contributed by atoms with Crippen molar-refractivity contribution >= 4 is 23.9 Å². The molecule has 0 saturated heterocycles. The number of hydrogen-bond acceptors (Lipinski definition) is 0. The average molecular weight is 205 g/mol. The van der Waals surface area contributed by atoms with Gasteiger partial charge in [-0.1, -0.05) is 38.5 Å². The zero-order valence-electron chi connectivity index (χ0n) is 4.95. The summed E-state index contributed by atoms with van der Waals surface area (Å²) in [6, 6.07) is 0. The van der Waals surface area contributed by atoms with Gasteiger partial charge in [0, 0.05) is 0 Å². The molecule has 0 unspecified atom stereocenters. The van der Waals surface area contributed by atoms with Crippen LogP contribution in [0, 0.1) is 0 Å². The molecule has 0 atom stereocenters. The van der Waals surface area contributed by atoms with Crippen LogP contribution in [0.25, 0.3) is 0 Å². The third-order valence-corrected chi connectivity index (χ3v) is 1.50. The molecule has 0 aromatic heterocycles. The van der Waals surface area contributed by atoms with E-state index in [1.165, 1.54) is 38.5 Å². The Bertz CT molecular complexity index is 19.7. The minimum atomic E-state index is 0. The summed E-state index contributed by atoms with van der Waals surface area (Å²) in [6.45, 7) is 0. The third kappa shape index (κ3) is 3.39. The van der Waals surface area contributed by atoms with E-state index in [0.29, 0.717) is 0 Å². The van der Waals surface area contributed by atoms with Crippen LogP contribution in [0.5, 0.6) is 0 Å². The Balaban J connectivity index is 0.000000360. The van der Waals surface area contributed by atoms with Crippen LogP contribution in [-0.2, 0) is 0 Å². The quantitative estimate of drug-likeness (QED) is 0.524. The van der Waals surface area contributed by atoms with E-state index in [1.54, 1.807) is 0 Å². The van der Waals surface area contributed by atoms with E-state index in [2.05, 4.69) is 0 Å². The van der Waals surface area contributed by atoms with Crippen LogP contribution in [0.4, 0.5) is 0 Å². The van der Waals surface area contributed by atoms with Crippen molar-refractivity contribution in [1.82, 2.24) is 0 Å². The van der Waals surface area contributed by atoms with Gasteiger partial charge in [0.25, 0.3) is 0 Å². The first-order valence-electron chi connectivity index (χ1n) is 3.00. The Morgan fingerprint density at radius 3 is 0.714 bits per heavy atom. The molecule has 0 N–H and O–H groups in total. The zero-order chi connectivity index (χ0) is 4.24. The molecule has 1 aliphatic carbocycles. The molecular formula is C6H14Sn. The summed E-state index contributed by atoms with van der Waals surface area (Å²) < 4.78 is 0. The van der Waals surface area contributed by atoms with E-state index < -0.39 is 0 Å². The first-order valence-corrected chi connectivity index (χ1v) is 3.00. The summed E-state index contributed by atoms with van der Waals surface area (Å²) in [5.74, 6) is 0. The Morgan fingerprint density at radius 2 is 0.571 bits per heavy atom. The van der Waals surface area contributed by atoms with Gasteiger partial charge in [-0.15, -0.1) is 0 Å². The third-order valence-electron chi connectivity index (χ3n) is 1.50. The normalized spacial score (nSPS) is 20.6. The second-order valence-electron chi connectivity index (χ2n) is 2.12. The molecule has 2 radical (unpaired) electrons. The molecule has 0 aromatic carbocycles. The van der Waals surface area contributed by atoms with Crippen molar-refractivity contribution in [3.8, 4) is 0 Å². The zero-order valence-corrected chi connectivity index (χ0v) is 8.99. The summed E-state index contributed by atoms with van der Waals surface area (Å²) in [6.07, 6.45) is 9.00. The summed E-state index contributed by atoms with van der Waals surface area (Å²) >= 11 is 0. The van der Waals surface area contributed by atoms with E-state index in [1.807, 2.05) is 0 Å². The van der Waals surface area contributed by atoms with Crippen LogP contribution in [0.15, 0.2) is 0 Å². The van der Waals surface area contributed by atoms with Crippen molar-refractivity contribution in [2.45, 2.75) is 38.5 Å². The van der Waals surface area contributed by atoms with Gasteiger partial charge in [0.1, 0.15) is 0 Å². The monoisotopic (exact) mass is 206 g/mol. The van der Waals surface area contributed by atoms with E-state index in [9.17, 15) is 0 Å². The van der Waals surface area contributed by atoms with Crippen LogP contribution >= 0.6 is 0 Å². The van der Waals surface area contributed by atoms with Crippen molar-refractivity contribution in [2.24, 2.45) is 0 Å². The molecule has 0 nitrogen and oxygen atoms in total. The van der Waals surface area contributed by atoms with Gasteiger partial charge in [-0.05, 0) is 0 Å². The summed E-state index contributed by atoms with van der Waals surface area (Å²) in [5.41, 5.74) is 0. The maximum atomic E-state index is 1.50. The van der Waals surface area contributed by atoms with Crippen LogP contribution in [0.3, 0.4) is 0 Å². The fourth-order valence-electron chi connectivity index (χ4n) is 1.06. The first-order chi connectivity index (χ1) is 3.00. The maximum absolute atomic E-state index is 1.50. The molecule has 7 heavy (non-hydrogen) atoms. The molecule has 0 aromatic rings. The van der Waals surface area contributed by atoms with Gasteiger partial charge >= 0.3 is 23.9 Å². The van der Waals surface area contributed by atoms with Crippen LogP contribution < -0.4 is 0 Å². The molecule has 0 aliphatic heterocycles. The standard InChI is InChI=1S/C6H12.Sn.2H/c1-2-4-6-5-3-1;;;/h1-6H2;;;. The van der Waals surface area contributed by atoms with E-state index in [0.717, 1.165) is 0 Å². The molecule has 1 rings (SSSR count). The summed E-state index contributed by atoms with van der Waals surface area (Å²) in [4.78, 5) is 0. The average Bonchev–Trinajstić information content (AvgIpc) is 1.72. The fraction of sp³-hybridized carbons (Fsp3) is 1.00. The molecular weight excluding hydrogens is 191 g/mol. The van der Waals surface area contributed by atoms with Crippen molar-refractivity contribution in [2.75, 3.05) is 0 Å². The Hall–Kier alpha value is 0.799. The molecule has 0 spiro atoms. The van der Waals surface area contributed by atoms with Gasteiger partial charge < -0.3 is 0 Å². The molecule has 1 heteroatoms. The predicted octanol–water partition coefficient (Wildman–Crippen LogP) is 1.42. The van der Waals surface area contributed by atoms with Gasteiger partial charge in [-0.2, -0.15) is 0 Å². The molecule has 1 fully saturated rings. The van der Waals surface area contributed by atoms with Crippen LogP contribution in [0.2, 0.25) is 0 Å². The van der Waals surface area contributed by atoms with Crippen LogP contribution in [-0.4, -0.2) is 23.9 Å². The minimum absolute atomic E-state index is 0. The second-order valence-corrected chi connectivity index (χ2v) is 2.12. The Morgan fingerprint density at radius 1 is 0.429 bits per heavy atom. The SMILES string of the molecule is C1CCCCC1.[SnH2]. The van der Waals surface area contributed by atoms with Crippen molar-refractivity contribution < 1.29 is 0 Å². The number of hydrogen-bond donors (Lipinski definition) is 0. The van der Waals surface area contributed by atoms with E-state index in [4.69, 9.17) is 0 Å². The van der Waals surface area contributed by atoms with Crippen LogP contribution in [0.1, 0.15) is 38.5 Å². The first kappa shape index (κ1) is 7.80. The summed E-state index contributed by atoms with van der Waals surface area (Å²) in [5, 5.41) is 0.